The highest BCUT2D eigenvalue weighted by atomic mass is 35.5. The number of aromatic nitrogens is 3. The zero-order valence-corrected chi connectivity index (χ0v) is 13.7. The third-order valence-electron chi connectivity index (χ3n) is 3.46. The van der Waals surface area contributed by atoms with Gasteiger partial charge >= 0.3 is 0 Å². The van der Waals surface area contributed by atoms with Crippen LogP contribution in [-0.2, 0) is 6.54 Å². The maximum atomic E-state index is 12.9. The van der Waals surface area contributed by atoms with Gasteiger partial charge in [-0.3, -0.25) is 9.36 Å². The number of rotatable bonds is 4. The van der Waals surface area contributed by atoms with Crippen molar-refractivity contribution >= 4 is 23.2 Å². The third kappa shape index (κ3) is 3.14. The first-order valence-corrected chi connectivity index (χ1v) is 7.60. The fourth-order valence-corrected chi connectivity index (χ4v) is 2.56. The highest BCUT2D eigenvalue weighted by Crippen LogP contribution is 2.15. The van der Waals surface area contributed by atoms with Crippen LogP contribution in [0, 0.1) is 0 Å². The van der Waals surface area contributed by atoms with Gasteiger partial charge in [0.25, 0.3) is 5.56 Å². The normalized spacial score (nSPS) is 11.4. The van der Waals surface area contributed by atoms with E-state index in [4.69, 9.17) is 11.6 Å². The van der Waals surface area contributed by atoms with Gasteiger partial charge in [0, 0.05) is 26.5 Å². The van der Waals surface area contributed by atoms with Gasteiger partial charge in [-0.15, -0.1) is 5.10 Å². The van der Waals surface area contributed by atoms with Crippen LogP contribution in [0.4, 0.5) is 0 Å². The summed E-state index contributed by atoms with van der Waals surface area (Å²) in [6.45, 7) is 0.442. The van der Waals surface area contributed by atoms with E-state index in [1.165, 1.54) is 4.52 Å². The number of hydrogen-bond acceptors (Lipinski definition) is 3. The summed E-state index contributed by atoms with van der Waals surface area (Å²) in [6.07, 6.45) is 5.37. The topological polar surface area (TPSA) is 42.5 Å². The quantitative estimate of drug-likeness (QED) is 0.739. The molecule has 1 aromatic carbocycles. The first-order valence-electron chi connectivity index (χ1n) is 7.22. The predicted octanol–water partition coefficient (Wildman–Crippen LogP) is 2.73. The zero-order valence-electron chi connectivity index (χ0n) is 13.0. The Hall–Kier alpha value is -2.53. The maximum absolute atomic E-state index is 12.9. The van der Waals surface area contributed by atoms with Gasteiger partial charge in [0.15, 0.2) is 5.82 Å². The molecule has 0 saturated heterocycles. The van der Waals surface area contributed by atoms with E-state index in [1.807, 2.05) is 61.6 Å². The molecule has 118 valence electrons. The molecular formula is C17H17ClN4O. The van der Waals surface area contributed by atoms with Crippen LogP contribution in [0.15, 0.2) is 53.6 Å². The molecule has 0 atom stereocenters. The average molecular weight is 329 g/mol. The van der Waals surface area contributed by atoms with Gasteiger partial charge in [-0.2, -0.15) is 0 Å². The first-order chi connectivity index (χ1) is 11.1. The molecule has 2 heterocycles. The molecule has 0 saturated carbocycles. The van der Waals surface area contributed by atoms with Crippen LogP contribution in [-0.4, -0.2) is 33.2 Å². The fraction of sp³-hybridized carbons (Fsp3) is 0.176. The lowest BCUT2D eigenvalue weighted by Crippen LogP contribution is -2.27. The largest absolute Gasteiger partial charge is 0.383 e. The summed E-state index contributed by atoms with van der Waals surface area (Å²) in [5, 5.41) is 4.92. The van der Waals surface area contributed by atoms with Crippen molar-refractivity contribution in [1.82, 2.24) is 19.1 Å². The smallest absolute Gasteiger partial charge is 0.280 e. The van der Waals surface area contributed by atoms with Gasteiger partial charge in [0.1, 0.15) is 5.52 Å². The standard InChI is InChI=1S/C17H17ClN4O/c1-20(2)10-9-15-19-22-11-8-14(18)16(22)17(23)21(15)12-13-6-4-3-5-7-13/h3-11H,12H2,1-2H3. The van der Waals surface area contributed by atoms with Crippen molar-refractivity contribution in [2.24, 2.45) is 0 Å². The Kier molecular flexibility index (Phi) is 4.21. The lowest BCUT2D eigenvalue weighted by Gasteiger charge is -2.11. The fourth-order valence-electron chi connectivity index (χ4n) is 2.34. The molecule has 5 nitrogen and oxygen atoms in total. The molecular weight excluding hydrogens is 312 g/mol. The minimum absolute atomic E-state index is 0.155. The van der Waals surface area contributed by atoms with Crippen molar-refractivity contribution in [1.29, 1.82) is 0 Å². The molecule has 23 heavy (non-hydrogen) atoms. The van der Waals surface area contributed by atoms with Crippen molar-refractivity contribution in [2.45, 2.75) is 6.54 Å². The predicted molar refractivity (Wildman–Crippen MR) is 92.7 cm³/mol. The Morgan fingerprint density at radius 1 is 1.22 bits per heavy atom. The van der Waals surface area contributed by atoms with E-state index in [0.717, 1.165) is 5.56 Å². The van der Waals surface area contributed by atoms with Crippen LogP contribution in [0.25, 0.3) is 11.6 Å². The number of nitrogens with zero attached hydrogens (tertiary/aromatic N) is 4. The molecule has 2 aromatic heterocycles. The van der Waals surface area contributed by atoms with Gasteiger partial charge in [0.05, 0.1) is 11.6 Å². The second-order valence-corrected chi connectivity index (χ2v) is 5.88. The summed E-state index contributed by atoms with van der Waals surface area (Å²) in [7, 11) is 3.84. The second-order valence-electron chi connectivity index (χ2n) is 5.47. The zero-order chi connectivity index (χ0) is 16.4. The lowest BCUT2D eigenvalue weighted by molar-refractivity contribution is 0.566. The minimum Gasteiger partial charge on any atom is -0.383 e. The van der Waals surface area contributed by atoms with Crippen LogP contribution < -0.4 is 5.56 Å². The van der Waals surface area contributed by atoms with Crippen molar-refractivity contribution < 1.29 is 0 Å². The molecule has 0 spiro atoms. The summed E-state index contributed by atoms with van der Waals surface area (Å²) in [5.41, 5.74) is 1.27. The van der Waals surface area contributed by atoms with Gasteiger partial charge < -0.3 is 4.90 Å². The lowest BCUT2D eigenvalue weighted by atomic mass is 10.2. The van der Waals surface area contributed by atoms with Gasteiger partial charge in [-0.05, 0) is 17.7 Å². The molecule has 0 bridgehead atoms. The first kappa shape index (κ1) is 15.4. The monoisotopic (exact) mass is 328 g/mol. The molecule has 0 N–H and O–H groups in total. The van der Waals surface area contributed by atoms with Crippen LogP contribution in [0.1, 0.15) is 11.4 Å². The molecule has 3 aromatic rings. The van der Waals surface area contributed by atoms with Gasteiger partial charge in [0.2, 0.25) is 0 Å². The SMILES string of the molecule is CN(C)C=Cc1nn2ccc(Cl)c2c(=O)n1Cc1ccccc1. The van der Waals surface area contributed by atoms with E-state index in [1.54, 1.807) is 16.8 Å². The van der Waals surface area contributed by atoms with Crippen molar-refractivity contribution in [3.8, 4) is 0 Å². The number of hydrogen-bond donors (Lipinski definition) is 0. The molecule has 0 unspecified atom stereocenters. The molecule has 0 aliphatic carbocycles. The summed E-state index contributed by atoms with van der Waals surface area (Å²) in [5.74, 6) is 0.576. The molecule has 6 heteroatoms. The Balaban J connectivity index is 2.19. The van der Waals surface area contributed by atoms with Gasteiger partial charge in [-0.1, -0.05) is 41.9 Å². The van der Waals surface area contributed by atoms with Crippen molar-refractivity contribution in [2.75, 3.05) is 14.1 Å². The number of benzene rings is 1. The van der Waals surface area contributed by atoms with E-state index in [-0.39, 0.29) is 5.56 Å². The van der Waals surface area contributed by atoms with E-state index in [9.17, 15) is 4.79 Å². The molecule has 0 amide bonds. The summed E-state index contributed by atoms with van der Waals surface area (Å²) >= 11 is 6.13. The number of halogens is 1. The van der Waals surface area contributed by atoms with Crippen LogP contribution in [0.2, 0.25) is 5.02 Å². The maximum Gasteiger partial charge on any atom is 0.280 e. The van der Waals surface area contributed by atoms with Crippen molar-refractivity contribution in [3.63, 3.8) is 0 Å². The van der Waals surface area contributed by atoms with Crippen molar-refractivity contribution in [3.05, 3.63) is 75.6 Å². The van der Waals surface area contributed by atoms with E-state index < -0.39 is 0 Å². The van der Waals surface area contributed by atoms with E-state index in [0.29, 0.717) is 22.9 Å². The molecule has 0 radical (unpaired) electrons. The second kappa shape index (κ2) is 6.30. The Labute approximate surface area is 139 Å². The van der Waals surface area contributed by atoms with Crippen LogP contribution in [0.5, 0.6) is 0 Å². The van der Waals surface area contributed by atoms with E-state index >= 15 is 0 Å². The Morgan fingerprint density at radius 3 is 2.65 bits per heavy atom. The average Bonchev–Trinajstić information content (AvgIpc) is 2.90. The summed E-state index contributed by atoms with van der Waals surface area (Å²) in [6, 6.07) is 11.5. The van der Waals surface area contributed by atoms with Crippen LogP contribution >= 0.6 is 11.6 Å². The highest BCUT2D eigenvalue weighted by molar-refractivity contribution is 6.33. The Morgan fingerprint density at radius 2 is 1.96 bits per heavy atom. The summed E-state index contributed by atoms with van der Waals surface area (Å²) < 4.78 is 3.16. The summed E-state index contributed by atoms with van der Waals surface area (Å²) in [4.78, 5) is 14.7. The molecule has 0 aliphatic heterocycles. The molecule has 3 rings (SSSR count). The number of fused-ring (bicyclic) bond motifs is 1. The highest BCUT2D eigenvalue weighted by Gasteiger charge is 2.13. The van der Waals surface area contributed by atoms with Gasteiger partial charge in [-0.25, -0.2) is 4.52 Å². The van der Waals surface area contributed by atoms with E-state index in [2.05, 4.69) is 5.10 Å². The molecule has 0 fully saturated rings. The minimum atomic E-state index is -0.155. The Bertz CT molecular complexity index is 909. The molecule has 0 aliphatic rings. The van der Waals surface area contributed by atoms with Crippen LogP contribution in [0.3, 0.4) is 0 Å². The third-order valence-corrected chi connectivity index (χ3v) is 3.76.